The molecule has 58 valence electrons. The number of hydrogen-bond donors (Lipinski definition) is 1. The van der Waals surface area contributed by atoms with Gasteiger partial charge in [0.25, 0.3) is 0 Å². The van der Waals surface area contributed by atoms with Gasteiger partial charge in [0.1, 0.15) is 11.4 Å². The van der Waals surface area contributed by atoms with E-state index in [2.05, 4.69) is 4.99 Å². The van der Waals surface area contributed by atoms with Crippen LogP contribution >= 0.6 is 0 Å². The van der Waals surface area contributed by atoms with Crippen molar-refractivity contribution >= 4 is 11.9 Å². The molecule has 0 amide bonds. The van der Waals surface area contributed by atoms with Crippen molar-refractivity contribution in [2.24, 2.45) is 4.99 Å². The number of aryl methyl sites for hydroxylation is 1. The van der Waals surface area contributed by atoms with Crippen LogP contribution in [0.15, 0.2) is 23.2 Å². The highest BCUT2D eigenvalue weighted by Crippen LogP contribution is 2.26. The molecule has 0 aliphatic carbocycles. The lowest BCUT2D eigenvalue weighted by Gasteiger charge is -1.98. The van der Waals surface area contributed by atoms with Crippen molar-refractivity contribution in [2.45, 2.75) is 13.8 Å². The van der Waals surface area contributed by atoms with E-state index in [-0.39, 0.29) is 5.75 Å². The lowest BCUT2D eigenvalue weighted by Crippen LogP contribution is -1.72. The second-order valence-corrected chi connectivity index (χ2v) is 2.38. The minimum Gasteiger partial charge on any atom is -0.506 e. The smallest absolute Gasteiger partial charge is 0.141 e. The first kappa shape index (κ1) is 7.79. The maximum Gasteiger partial charge on any atom is 0.141 e. The van der Waals surface area contributed by atoms with E-state index < -0.39 is 0 Å². The van der Waals surface area contributed by atoms with E-state index in [9.17, 15) is 5.11 Å². The van der Waals surface area contributed by atoms with Gasteiger partial charge in [0.2, 0.25) is 0 Å². The number of rotatable bonds is 1. The molecule has 11 heavy (non-hydrogen) atoms. The largest absolute Gasteiger partial charge is 0.506 e. The summed E-state index contributed by atoms with van der Waals surface area (Å²) in [5, 5.41) is 9.25. The van der Waals surface area contributed by atoms with Crippen molar-refractivity contribution in [1.82, 2.24) is 0 Å². The molecule has 1 aromatic carbocycles. The normalized spacial score (nSPS) is 10.7. The van der Waals surface area contributed by atoms with E-state index >= 15 is 0 Å². The molecule has 2 heteroatoms. The number of phenolic OH excluding ortho intramolecular Hbond substituents is 1. The number of aliphatic imine (C=N–C) groups is 1. The van der Waals surface area contributed by atoms with Gasteiger partial charge in [0.05, 0.1) is 0 Å². The van der Waals surface area contributed by atoms with Crippen molar-refractivity contribution in [3.8, 4) is 5.75 Å². The molecule has 0 spiro atoms. The highest BCUT2D eigenvalue weighted by atomic mass is 16.3. The molecule has 0 saturated carbocycles. The highest BCUT2D eigenvalue weighted by molar-refractivity contribution is 5.64. The van der Waals surface area contributed by atoms with E-state index in [4.69, 9.17) is 0 Å². The molecule has 0 fully saturated rings. The summed E-state index contributed by atoms with van der Waals surface area (Å²) in [5.74, 6) is 0.230. The minimum absolute atomic E-state index is 0.230. The zero-order chi connectivity index (χ0) is 8.27. The van der Waals surface area contributed by atoms with Gasteiger partial charge in [-0.2, -0.15) is 0 Å². The molecule has 0 saturated heterocycles. The monoisotopic (exact) mass is 149 g/mol. The van der Waals surface area contributed by atoms with Gasteiger partial charge in [-0.05, 0) is 31.5 Å². The second kappa shape index (κ2) is 3.19. The zero-order valence-electron chi connectivity index (χ0n) is 6.70. The summed E-state index contributed by atoms with van der Waals surface area (Å²) in [6.45, 7) is 3.79. The van der Waals surface area contributed by atoms with Gasteiger partial charge in [-0.1, -0.05) is 6.07 Å². The molecule has 0 heterocycles. The summed E-state index contributed by atoms with van der Waals surface area (Å²) in [7, 11) is 0. The van der Waals surface area contributed by atoms with E-state index in [1.54, 1.807) is 12.3 Å². The maximum atomic E-state index is 9.25. The Bertz CT molecular complexity index is 279. The second-order valence-electron chi connectivity index (χ2n) is 2.38. The Morgan fingerprint density at radius 3 is 2.82 bits per heavy atom. The minimum atomic E-state index is 0.230. The molecule has 0 radical (unpaired) electrons. The van der Waals surface area contributed by atoms with Gasteiger partial charge in [-0.25, -0.2) is 0 Å². The Kier molecular flexibility index (Phi) is 2.26. The number of hydrogen-bond acceptors (Lipinski definition) is 2. The summed E-state index contributed by atoms with van der Waals surface area (Å²) >= 11 is 0. The molecule has 0 aromatic heterocycles. The predicted octanol–water partition coefficient (Wildman–Crippen LogP) is 2.42. The van der Waals surface area contributed by atoms with Crippen LogP contribution in [0, 0.1) is 6.92 Å². The number of aromatic hydroxyl groups is 1. The lowest BCUT2D eigenvalue weighted by atomic mass is 10.2. The number of benzene rings is 1. The van der Waals surface area contributed by atoms with Crippen molar-refractivity contribution < 1.29 is 5.11 Å². The Morgan fingerprint density at radius 1 is 1.45 bits per heavy atom. The first-order valence-corrected chi connectivity index (χ1v) is 3.52. The van der Waals surface area contributed by atoms with Gasteiger partial charge >= 0.3 is 0 Å². The molecule has 0 unspecified atom stereocenters. The molecule has 0 aliphatic heterocycles. The number of phenols is 1. The van der Waals surface area contributed by atoms with Crippen LogP contribution in [0.25, 0.3) is 0 Å². The van der Waals surface area contributed by atoms with Crippen molar-refractivity contribution in [1.29, 1.82) is 0 Å². The Hall–Kier alpha value is -1.31. The third kappa shape index (κ3) is 1.80. The van der Waals surface area contributed by atoms with Crippen LogP contribution in [0.1, 0.15) is 12.5 Å². The predicted molar refractivity (Wildman–Crippen MR) is 46.7 cm³/mol. The van der Waals surface area contributed by atoms with E-state index in [0.717, 1.165) is 5.56 Å². The molecule has 0 aliphatic rings. The zero-order valence-corrected chi connectivity index (χ0v) is 6.70. The fourth-order valence-corrected chi connectivity index (χ4v) is 0.876. The van der Waals surface area contributed by atoms with Gasteiger partial charge in [-0.3, -0.25) is 4.99 Å². The van der Waals surface area contributed by atoms with E-state index in [0.29, 0.717) is 5.69 Å². The van der Waals surface area contributed by atoms with Crippen LogP contribution < -0.4 is 0 Å². The lowest BCUT2D eigenvalue weighted by molar-refractivity contribution is 0.477. The Morgan fingerprint density at radius 2 is 2.18 bits per heavy atom. The molecule has 0 atom stereocenters. The highest BCUT2D eigenvalue weighted by Gasteiger charge is 1.96. The van der Waals surface area contributed by atoms with Crippen LogP contribution in [-0.2, 0) is 0 Å². The summed E-state index contributed by atoms with van der Waals surface area (Å²) in [6.07, 6.45) is 1.66. The molecular weight excluding hydrogens is 138 g/mol. The fourth-order valence-electron chi connectivity index (χ4n) is 0.876. The van der Waals surface area contributed by atoms with Gasteiger partial charge in [-0.15, -0.1) is 0 Å². The van der Waals surface area contributed by atoms with Gasteiger partial charge in [0, 0.05) is 6.21 Å². The van der Waals surface area contributed by atoms with Crippen LogP contribution in [0.3, 0.4) is 0 Å². The first-order valence-electron chi connectivity index (χ1n) is 3.52. The average Bonchev–Trinajstić information content (AvgIpc) is 1.98. The Balaban J connectivity index is 3.12. The van der Waals surface area contributed by atoms with Gasteiger partial charge in [0.15, 0.2) is 0 Å². The third-order valence-corrected chi connectivity index (χ3v) is 1.40. The maximum absolute atomic E-state index is 9.25. The van der Waals surface area contributed by atoms with Crippen LogP contribution in [0.5, 0.6) is 5.75 Å². The topological polar surface area (TPSA) is 32.6 Å². The molecule has 1 rings (SSSR count). The molecule has 2 nitrogen and oxygen atoms in total. The van der Waals surface area contributed by atoms with Crippen LogP contribution in [0.2, 0.25) is 0 Å². The van der Waals surface area contributed by atoms with Crippen molar-refractivity contribution in [2.75, 3.05) is 0 Å². The molecule has 0 bridgehead atoms. The standard InChI is InChI=1S/C9H11NO/c1-3-10-8-6-7(2)4-5-9(8)11/h3-6,11H,1-2H3. The third-order valence-electron chi connectivity index (χ3n) is 1.40. The molecule has 1 N–H and O–H groups in total. The van der Waals surface area contributed by atoms with Gasteiger partial charge < -0.3 is 5.11 Å². The summed E-state index contributed by atoms with van der Waals surface area (Å²) in [4.78, 5) is 3.99. The summed E-state index contributed by atoms with van der Waals surface area (Å²) in [5.41, 5.74) is 1.73. The Labute approximate surface area is 66.2 Å². The first-order chi connectivity index (χ1) is 5.24. The van der Waals surface area contributed by atoms with E-state index in [1.165, 1.54) is 0 Å². The summed E-state index contributed by atoms with van der Waals surface area (Å²) in [6, 6.07) is 5.34. The van der Waals surface area contributed by atoms with E-state index in [1.807, 2.05) is 26.0 Å². The van der Waals surface area contributed by atoms with Crippen molar-refractivity contribution in [3.63, 3.8) is 0 Å². The van der Waals surface area contributed by atoms with Crippen LogP contribution in [0.4, 0.5) is 5.69 Å². The molecular formula is C9H11NO. The van der Waals surface area contributed by atoms with Crippen molar-refractivity contribution in [3.05, 3.63) is 23.8 Å². The average molecular weight is 149 g/mol. The summed E-state index contributed by atoms with van der Waals surface area (Å²) < 4.78 is 0. The quantitative estimate of drug-likeness (QED) is 0.611. The fraction of sp³-hybridized carbons (Fsp3) is 0.222. The SMILES string of the molecule is CC=Nc1cc(C)ccc1O. The van der Waals surface area contributed by atoms with Crippen LogP contribution in [-0.4, -0.2) is 11.3 Å². The number of nitrogens with zero attached hydrogens (tertiary/aromatic N) is 1. The molecule has 1 aromatic rings.